The van der Waals surface area contributed by atoms with E-state index in [9.17, 15) is 22.4 Å². The smallest absolute Gasteiger partial charge is 0.242 e. The fraction of sp³-hybridized carbons (Fsp3) is 0.462. The first-order chi connectivity index (χ1) is 16.4. The van der Waals surface area contributed by atoms with Crippen molar-refractivity contribution in [2.45, 2.75) is 53.1 Å². The molecule has 0 radical (unpaired) electrons. The first kappa shape index (κ1) is 28.3. The molecule has 1 N–H and O–H groups in total. The van der Waals surface area contributed by atoms with Gasteiger partial charge >= 0.3 is 0 Å². The molecule has 0 aliphatic carbocycles. The molecule has 0 bridgehead atoms. The third-order valence-electron chi connectivity index (χ3n) is 5.59. The minimum Gasteiger partial charge on any atom is -0.354 e. The van der Waals surface area contributed by atoms with Crippen molar-refractivity contribution in [3.8, 4) is 0 Å². The summed E-state index contributed by atoms with van der Waals surface area (Å²) in [5.74, 6) is -0.664. The topological polar surface area (TPSA) is 86.8 Å². The van der Waals surface area contributed by atoms with Crippen LogP contribution in [0, 0.1) is 18.7 Å². The molecule has 35 heavy (non-hydrogen) atoms. The van der Waals surface area contributed by atoms with Gasteiger partial charge in [0.2, 0.25) is 21.8 Å². The molecule has 192 valence electrons. The van der Waals surface area contributed by atoms with E-state index in [1.165, 1.54) is 29.2 Å². The quantitative estimate of drug-likeness (QED) is 0.475. The Morgan fingerprint density at radius 3 is 2.14 bits per heavy atom. The van der Waals surface area contributed by atoms with Crippen molar-refractivity contribution >= 4 is 27.5 Å². The van der Waals surface area contributed by atoms with Gasteiger partial charge < -0.3 is 10.2 Å². The van der Waals surface area contributed by atoms with E-state index >= 15 is 0 Å². The number of halogens is 1. The third kappa shape index (κ3) is 8.98. The highest BCUT2D eigenvalue weighted by Crippen LogP contribution is 2.19. The zero-order chi connectivity index (χ0) is 26.2. The van der Waals surface area contributed by atoms with Gasteiger partial charge in [-0.3, -0.25) is 13.9 Å². The van der Waals surface area contributed by atoms with Gasteiger partial charge in [0.25, 0.3) is 0 Å². The lowest BCUT2D eigenvalue weighted by atomic mass is 10.1. The Bertz CT molecular complexity index is 1090. The highest BCUT2D eigenvalue weighted by Gasteiger charge is 2.26. The summed E-state index contributed by atoms with van der Waals surface area (Å²) < 4.78 is 39.0. The Labute approximate surface area is 208 Å². The number of aryl methyl sites for hydroxylation is 1. The molecule has 0 aliphatic rings. The molecule has 2 amide bonds. The Kier molecular flexibility index (Phi) is 10.2. The van der Waals surface area contributed by atoms with Gasteiger partial charge in [-0.1, -0.05) is 43.7 Å². The second-order valence-corrected chi connectivity index (χ2v) is 11.1. The van der Waals surface area contributed by atoms with Crippen molar-refractivity contribution in [3.63, 3.8) is 0 Å². The molecule has 2 aromatic rings. The monoisotopic (exact) mass is 505 g/mol. The summed E-state index contributed by atoms with van der Waals surface area (Å²) >= 11 is 0. The zero-order valence-corrected chi connectivity index (χ0v) is 21.9. The van der Waals surface area contributed by atoms with Crippen LogP contribution in [0.15, 0.2) is 48.5 Å². The highest BCUT2D eigenvalue weighted by atomic mass is 32.2. The van der Waals surface area contributed by atoms with Crippen LogP contribution in [-0.2, 0) is 26.2 Å². The van der Waals surface area contributed by atoms with Crippen LogP contribution in [0.2, 0.25) is 0 Å². The minimum absolute atomic E-state index is 0.0564. The number of nitrogens with zero attached hydrogens (tertiary/aromatic N) is 2. The number of carbonyl (C=O) groups excluding carboxylic acids is 2. The van der Waals surface area contributed by atoms with E-state index < -0.39 is 21.9 Å². The fourth-order valence-electron chi connectivity index (χ4n) is 3.54. The van der Waals surface area contributed by atoms with E-state index in [-0.39, 0.29) is 43.7 Å². The predicted octanol–water partition coefficient (Wildman–Crippen LogP) is 3.87. The van der Waals surface area contributed by atoms with Crippen molar-refractivity contribution in [1.29, 1.82) is 0 Å². The predicted molar refractivity (Wildman–Crippen MR) is 137 cm³/mol. The Hall–Kier alpha value is -2.94. The van der Waals surface area contributed by atoms with Gasteiger partial charge in [0.1, 0.15) is 11.9 Å². The molecule has 0 unspecified atom stereocenters. The van der Waals surface area contributed by atoms with E-state index in [0.29, 0.717) is 12.2 Å². The van der Waals surface area contributed by atoms with Crippen LogP contribution in [0.3, 0.4) is 0 Å². The molecule has 7 nitrogen and oxygen atoms in total. The maximum atomic E-state index is 13.3. The summed E-state index contributed by atoms with van der Waals surface area (Å²) in [5, 5.41) is 2.88. The van der Waals surface area contributed by atoms with Crippen molar-refractivity contribution in [2.75, 3.05) is 23.7 Å². The maximum absolute atomic E-state index is 13.3. The molecule has 2 aromatic carbocycles. The number of benzene rings is 2. The lowest BCUT2D eigenvalue weighted by Gasteiger charge is -2.29. The summed E-state index contributed by atoms with van der Waals surface area (Å²) in [6.45, 7) is 8.50. The van der Waals surface area contributed by atoms with Gasteiger partial charge in [-0.05, 0) is 56.0 Å². The van der Waals surface area contributed by atoms with Crippen molar-refractivity contribution < 1.29 is 22.4 Å². The fourth-order valence-corrected chi connectivity index (χ4v) is 4.50. The summed E-state index contributed by atoms with van der Waals surface area (Å²) in [4.78, 5) is 27.5. The highest BCUT2D eigenvalue weighted by molar-refractivity contribution is 7.92. The number of rotatable bonds is 12. The summed E-state index contributed by atoms with van der Waals surface area (Å²) in [6.07, 6.45) is 1.37. The summed E-state index contributed by atoms with van der Waals surface area (Å²) in [7, 11) is -3.63. The van der Waals surface area contributed by atoms with Crippen LogP contribution in [-0.4, -0.2) is 50.5 Å². The molecular weight excluding hydrogens is 469 g/mol. The molecular formula is C26H36FN3O4S. The van der Waals surface area contributed by atoms with E-state index in [2.05, 4.69) is 5.32 Å². The summed E-state index contributed by atoms with van der Waals surface area (Å²) in [5.41, 5.74) is 2.33. The van der Waals surface area contributed by atoms with Gasteiger partial charge in [0.05, 0.1) is 11.9 Å². The number of carbonyl (C=O) groups is 2. The first-order valence-corrected chi connectivity index (χ1v) is 13.6. The number of sulfonamides is 1. The number of anilines is 1. The minimum atomic E-state index is -3.63. The van der Waals surface area contributed by atoms with Crippen LogP contribution in [0.1, 0.15) is 44.7 Å². The van der Waals surface area contributed by atoms with E-state index in [0.717, 1.165) is 21.7 Å². The molecule has 0 heterocycles. The summed E-state index contributed by atoms with van der Waals surface area (Å²) in [6, 6.07) is 12.2. The molecule has 1 atom stereocenters. The van der Waals surface area contributed by atoms with Crippen LogP contribution in [0.25, 0.3) is 0 Å². The van der Waals surface area contributed by atoms with Gasteiger partial charge in [-0.2, -0.15) is 0 Å². The molecule has 0 spiro atoms. The normalized spacial score (nSPS) is 12.3. The van der Waals surface area contributed by atoms with E-state index in [1.807, 2.05) is 45.0 Å². The third-order valence-corrected chi connectivity index (χ3v) is 6.79. The van der Waals surface area contributed by atoms with Crippen molar-refractivity contribution in [2.24, 2.45) is 5.92 Å². The zero-order valence-electron chi connectivity index (χ0n) is 21.1. The molecule has 2 rings (SSSR count). The second-order valence-electron chi connectivity index (χ2n) is 9.24. The van der Waals surface area contributed by atoms with Crippen LogP contribution >= 0.6 is 0 Å². The second kappa shape index (κ2) is 12.7. The first-order valence-electron chi connectivity index (χ1n) is 11.7. The Morgan fingerprint density at radius 2 is 1.60 bits per heavy atom. The van der Waals surface area contributed by atoms with Gasteiger partial charge in [0, 0.05) is 26.1 Å². The number of hydrogen-bond acceptors (Lipinski definition) is 4. The Morgan fingerprint density at radius 1 is 1.00 bits per heavy atom. The molecule has 0 aliphatic heterocycles. The standard InChI is InChI=1S/C26H36FN3O4S/c1-19(2)17-28-26(32)21(4)29(18-22-10-8-20(3)9-11-22)25(31)7-6-16-30(35(5,33)34)24-14-12-23(27)13-15-24/h8-15,19,21H,6-7,16-18H2,1-5H3,(H,28,32)/t21-/m0/s1. The Balaban J connectivity index is 2.14. The molecule has 9 heteroatoms. The lowest BCUT2D eigenvalue weighted by molar-refractivity contribution is -0.140. The molecule has 0 fully saturated rings. The van der Waals surface area contributed by atoms with E-state index in [4.69, 9.17) is 0 Å². The average molecular weight is 506 g/mol. The molecule has 0 aromatic heterocycles. The number of amides is 2. The van der Waals surface area contributed by atoms with Gasteiger partial charge in [-0.15, -0.1) is 0 Å². The lowest BCUT2D eigenvalue weighted by Crippen LogP contribution is -2.48. The van der Waals surface area contributed by atoms with Crippen LogP contribution in [0.5, 0.6) is 0 Å². The molecule has 0 saturated heterocycles. The van der Waals surface area contributed by atoms with Crippen LogP contribution in [0.4, 0.5) is 10.1 Å². The number of nitrogens with one attached hydrogen (secondary N) is 1. The van der Waals surface area contributed by atoms with Crippen molar-refractivity contribution in [1.82, 2.24) is 10.2 Å². The van der Waals surface area contributed by atoms with Gasteiger partial charge in [-0.25, -0.2) is 12.8 Å². The van der Waals surface area contributed by atoms with Crippen molar-refractivity contribution in [3.05, 3.63) is 65.5 Å². The largest absolute Gasteiger partial charge is 0.354 e. The van der Waals surface area contributed by atoms with Crippen LogP contribution < -0.4 is 9.62 Å². The average Bonchev–Trinajstić information content (AvgIpc) is 2.79. The SMILES string of the molecule is Cc1ccc(CN(C(=O)CCCN(c2ccc(F)cc2)S(C)(=O)=O)[C@@H](C)C(=O)NCC(C)C)cc1. The molecule has 0 saturated carbocycles. The number of hydrogen-bond donors (Lipinski definition) is 1. The van der Waals surface area contributed by atoms with E-state index in [1.54, 1.807) is 6.92 Å². The maximum Gasteiger partial charge on any atom is 0.242 e. The van der Waals surface area contributed by atoms with Gasteiger partial charge in [0.15, 0.2) is 0 Å².